The van der Waals surface area contributed by atoms with Crippen LogP contribution in [-0.4, -0.2) is 25.2 Å². The second-order valence-corrected chi connectivity index (χ2v) is 4.57. The lowest BCUT2D eigenvalue weighted by Gasteiger charge is -2.12. The summed E-state index contributed by atoms with van der Waals surface area (Å²) >= 11 is 3.29. The Balaban J connectivity index is 2.55. The molecular weight excluding hydrogens is 284 g/mol. The molecule has 1 amide bonds. The second kappa shape index (κ2) is 6.61. The number of rotatable bonds is 5. The van der Waals surface area contributed by atoms with Crippen molar-refractivity contribution in [2.45, 2.75) is 20.0 Å². The Kier molecular flexibility index (Phi) is 5.44. The number of hydrogen-bond donors (Lipinski definition) is 2. The van der Waals surface area contributed by atoms with Crippen LogP contribution in [0, 0.1) is 0 Å². The fraction of sp³-hybridized carbons (Fsp3) is 0.417. The number of halogens is 1. The molecule has 1 rings (SSSR count). The zero-order chi connectivity index (χ0) is 12.8. The molecule has 1 unspecified atom stereocenters. The molecule has 1 aromatic rings. The molecule has 17 heavy (non-hydrogen) atoms. The van der Waals surface area contributed by atoms with Gasteiger partial charge in [-0.1, -0.05) is 0 Å². The molecule has 5 heteroatoms. The molecule has 1 aromatic carbocycles. The van der Waals surface area contributed by atoms with Crippen molar-refractivity contribution >= 4 is 27.5 Å². The maximum atomic E-state index is 11.8. The molecule has 0 saturated carbocycles. The number of hydrogen-bond acceptors (Lipinski definition) is 3. The van der Waals surface area contributed by atoms with E-state index in [1.807, 2.05) is 13.8 Å². The van der Waals surface area contributed by atoms with Crippen molar-refractivity contribution in [3.8, 4) is 0 Å². The standard InChI is InChI=1S/C12H17BrN2O2/c1-3-17-8(2)7-15-12(16)9-4-5-11(14)10(13)6-9/h4-6,8H,3,7,14H2,1-2H3,(H,15,16). The molecule has 0 aliphatic heterocycles. The topological polar surface area (TPSA) is 64.3 Å². The zero-order valence-corrected chi connectivity index (χ0v) is 11.6. The van der Waals surface area contributed by atoms with E-state index in [1.54, 1.807) is 18.2 Å². The average molecular weight is 301 g/mol. The Bertz CT molecular complexity index is 396. The first-order valence-corrected chi connectivity index (χ1v) is 6.28. The van der Waals surface area contributed by atoms with Crippen LogP contribution >= 0.6 is 15.9 Å². The molecule has 0 radical (unpaired) electrons. The maximum absolute atomic E-state index is 11.8. The minimum absolute atomic E-state index is 0.0150. The molecule has 0 aliphatic rings. The summed E-state index contributed by atoms with van der Waals surface area (Å²) in [5.41, 5.74) is 6.85. The summed E-state index contributed by atoms with van der Waals surface area (Å²) in [4.78, 5) is 11.8. The van der Waals surface area contributed by atoms with Gasteiger partial charge in [0.25, 0.3) is 5.91 Å². The van der Waals surface area contributed by atoms with Gasteiger partial charge in [0.15, 0.2) is 0 Å². The molecule has 0 fully saturated rings. The summed E-state index contributed by atoms with van der Waals surface area (Å²) in [6.07, 6.45) is 0.0150. The third-order valence-corrected chi connectivity index (χ3v) is 2.95. The minimum Gasteiger partial charge on any atom is -0.398 e. The van der Waals surface area contributed by atoms with E-state index < -0.39 is 0 Å². The van der Waals surface area contributed by atoms with E-state index in [2.05, 4.69) is 21.2 Å². The largest absolute Gasteiger partial charge is 0.398 e. The Hall–Kier alpha value is -1.07. The number of nitrogen functional groups attached to an aromatic ring is 1. The number of carbonyl (C=O) groups is 1. The highest BCUT2D eigenvalue weighted by Gasteiger charge is 2.08. The summed E-state index contributed by atoms with van der Waals surface area (Å²) in [6, 6.07) is 5.10. The Morgan fingerprint density at radius 3 is 2.88 bits per heavy atom. The Morgan fingerprint density at radius 1 is 1.59 bits per heavy atom. The number of anilines is 1. The third-order valence-electron chi connectivity index (χ3n) is 2.26. The molecule has 0 spiro atoms. The maximum Gasteiger partial charge on any atom is 0.251 e. The normalized spacial score (nSPS) is 12.2. The van der Waals surface area contributed by atoms with Gasteiger partial charge < -0.3 is 15.8 Å². The van der Waals surface area contributed by atoms with Crippen LogP contribution in [0.2, 0.25) is 0 Å². The number of benzene rings is 1. The van der Waals surface area contributed by atoms with Crippen molar-refractivity contribution in [2.75, 3.05) is 18.9 Å². The Morgan fingerprint density at radius 2 is 2.29 bits per heavy atom. The van der Waals surface area contributed by atoms with Gasteiger partial charge >= 0.3 is 0 Å². The van der Waals surface area contributed by atoms with Crippen LogP contribution in [-0.2, 0) is 4.74 Å². The quantitative estimate of drug-likeness (QED) is 0.819. The van der Waals surface area contributed by atoms with Crippen molar-refractivity contribution in [3.63, 3.8) is 0 Å². The van der Waals surface area contributed by atoms with Gasteiger partial charge in [0.1, 0.15) is 0 Å². The summed E-state index contributed by atoms with van der Waals surface area (Å²) in [7, 11) is 0. The molecule has 0 heterocycles. The fourth-order valence-corrected chi connectivity index (χ4v) is 1.73. The molecule has 3 N–H and O–H groups in total. The van der Waals surface area contributed by atoms with Gasteiger partial charge in [-0.3, -0.25) is 4.79 Å². The molecule has 0 bridgehead atoms. The van der Waals surface area contributed by atoms with Crippen LogP contribution < -0.4 is 11.1 Å². The second-order valence-electron chi connectivity index (χ2n) is 3.71. The minimum atomic E-state index is -0.128. The molecule has 94 valence electrons. The van der Waals surface area contributed by atoms with Crippen molar-refractivity contribution in [3.05, 3.63) is 28.2 Å². The highest BCUT2D eigenvalue weighted by atomic mass is 79.9. The monoisotopic (exact) mass is 300 g/mol. The Labute approximate surface area is 110 Å². The van der Waals surface area contributed by atoms with E-state index in [0.29, 0.717) is 24.4 Å². The summed E-state index contributed by atoms with van der Waals surface area (Å²) in [6.45, 7) is 4.98. The van der Waals surface area contributed by atoms with E-state index in [0.717, 1.165) is 4.47 Å². The van der Waals surface area contributed by atoms with E-state index >= 15 is 0 Å². The first kappa shape index (κ1) is 14.0. The predicted octanol–water partition coefficient (Wildman–Crippen LogP) is 2.19. The number of nitrogens with two attached hydrogens (primary N) is 1. The summed E-state index contributed by atoms with van der Waals surface area (Å²) < 4.78 is 6.05. The van der Waals surface area contributed by atoms with Gasteiger partial charge in [-0.15, -0.1) is 0 Å². The first-order valence-electron chi connectivity index (χ1n) is 5.49. The molecule has 0 aliphatic carbocycles. The lowest BCUT2D eigenvalue weighted by atomic mass is 10.2. The number of amides is 1. The lowest BCUT2D eigenvalue weighted by Crippen LogP contribution is -2.32. The fourth-order valence-electron chi connectivity index (χ4n) is 1.35. The zero-order valence-electron chi connectivity index (χ0n) is 10.00. The summed E-state index contributed by atoms with van der Waals surface area (Å²) in [5, 5.41) is 2.80. The van der Waals surface area contributed by atoms with Gasteiger partial charge in [-0.05, 0) is 48.0 Å². The van der Waals surface area contributed by atoms with Crippen LogP contribution in [0.4, 0.5) is 5.69 Å². The van der Waals surface area contributed by atoms with Crippen LogP contribution in [0.5, 0.6) is 0 Å². The van der Waals surface area contributed by atoms with Gasteiger partial charge in [0, 0.05) is 28.9 Å². The highest BCUT2D eigenvalue weighted by Crippen LogP contribution is 2.20. The van der Waals surface area contributed by atoms with Gasteiger partial charge in [-0.25, -0.2) is 0 Å². The van der Waals surface area contributed by atoms with Gasteiger partial charge in [0.2, 0.25) is 0 Å². The van der Waals surface area contributed by atoms with Crippen molar-refractivity contribution < 1.29 is 9.53 Å². The molecule has 1 atom stereocenters. The van der Waals surface area contributed by atoms with Crippen molar-refractivity contribution in [1.82, 2.24) is 5.32 Å². The van der Waals surface area contributed by atoms with Crippen molar-refractivity contribution in [1.29, 1.82) is 0 Å². The highest BCUT2D eigenvalue weighted by molar-refractivity contribution is 9.10. The van der Waals surface area contributed by atoms with Gasteiger partial charge in [0.05, 0.1) is 6.10 Å². The van der Waals surface area contributed by atoms with Crippen molar-refractivity contribution in [2.24, 2.45) is 0 Å². The van der Waals surface area contributed by atoms with E-state index in [4.69, 9.17) is 10.5 Å². The third kappa shape index (κ3) is 4.36. The van der Waals surface area contributed by atoms with E-state index in [-0.39, 0.29) is 12.0 Å². The van der Waals surface area contributed by atoms with Crippen LogP contribution in [0.15, 0.2) is 22.7 Å². The van der Waals surface area contributed by atoms with Crippen LogP contribution in [0.3, 0.4) is 0 Å². The summed E-state index contributed by atoms with van der Waals surface area (Å²) in [5.74, 6) is -0.128. The molecule has 0 aromatic heterocycles. The molecule has 4 nitrogen and oxygen atoms in total. The number of carbonyl (C=O) groups excluding carboxylic acids is 1. The van der Waals surface area contributed by atoms with E-state index in [1.165, 1.54) is 0 Å². The smallest absolute Gasteiger partial charge is 0.251 e. The van der Waals surface area contributed by atoms with Crippen LogP contribution in [0.1, 0.15) is 24.2 Å². The molecule has 0 saturated heterocycles. The van der Waals surface area contributed by atoms with E-state index in [9.17, 15) is 4.79 Å². The first-order chi connectivity index (χ1) is 8.04. The number of ether oxygens (including phenoxy) is 1. The lowest BCUT2D eigenvalue weighted by molar-refractivity contribution is 0.0695. The molecular formula is C12H17BrN2O2. The number of nitrogens with one attached hydrogen (secondary N) is 1. The average Bonchev–Trinajstić information content (AvgIpc) is 2.30. The predicted molar refractivity (Wildman–Crippen MR) is 72.0 cm³/mol. The SMILES string of the molecule is CCOC(C)CNC(=O)c1ccc(N)c(Br)c1. The van der Waals surface area contributed by atoms with Gasteiger partial charge in [-0.2, -0.15) is 0 Å². The van der Waals surface area contributed by atoms with Crippen LogP contribution in [0.25, 0.3) is 0 Å².